The van der Waals surface area contributed by atoms with E-state index in [0.29, 0.717) is 36.4 Å². The SMILES string of the molecule is Cc1ccc(S(=O)(=O)N2CCC=C2C2(O)CCC2)cc1. The van der Waals surface area contributed by atoms with E-state index in [4.69, 9.17) is 0 Å². The molecule has 0 spiro atoms. The molecule has 0 unspecified atom stereocenters. The molecular weight excluding hydrogens is 274 g/mol. The van der Waals surface area contributed by atoms with E-state index in [1.54, 1.807) is 24.3 Å². The van der Waals surface area contributed by atoms with Crippen LogP contribution in [0.4, 0.5) is 0 Å². The molecular formula is C15H19NO3S. The molecule has 5 heteroatoms. The Morgan fingerprint density at radius 1 is 1.20 bits per heavy atom. The third kappa shape index (κ3) is 2.05. The molecule has 0 atom stereocenters. The van der Waals surface area contributed by atoms with E-state index in [0.717, 1.165) is 12.0 Å². The van der Waals surface area contributed by atoms with Crippen molar-refractivity contribution in [2.75, 3.05) is 6.54 Å². The van der Waals surface area contributed by atoms with Crippen molar-refractivity contribution in [1.82, 2.24) is 4.31 Å². The van der Waals surface area contributed by atoms with Crippen LogP contribution < -0.4 is 0 Å². The quantitative estimate of drug-likeness (QED) is 0.929. The lowest BCUT2D eigenvalue weighted by atomic mass is 9.78. The smallest absolute Gasteiger partial charge is 0.264 e. The van der Waals surface area contributed by atoms with Gasteiger partial charge in [-0.1, -0.05) is 23.8 Å². The maximum Gasteiger partial charge on any atom is 0.264 e. The molecule has 1 fully saturated rings. The number of hydrogen-bond donors (Lipinski definition) is 1. The van der Waals surface area contributed by atoms with Gasteiger partial charge in [-0.2, -0.15) is 0 Å². The van der Waals surface area contributed by atoms with E-state index in [9.17, 15) is 13.5 Å². The van der Waals surface area contributed by atoms with Crippen LogP contribution in [0.1, 0.15) is 31.2 Å². The lowest BCUT2D eigenvalue weighted by molar-refractivity contribution is -0.0103. The highest BCUT2D eigenvalue weighted by Crippen LogP contribution is 2.43. The van der Waals surface area contributed by atoms with Crippen molar-refractivity contribution in [3.63, 3.8) is 0 Å². The Kier molecular flexibility index (Phi) is 3.14. The molecule has 0 aromatic heterocycles. The second-order valence-corrected chi connectivity index (χ2v) is 7.52. The molecule has 4 nitrogen and oxygen atoms in total. The summed E-state index contributed by atoms with van der Waals surface area (Å²) in [7, 11) is -3.56. The minimum absolute atomic E-state index is 0.291. The summed E-state index contributed by atoms with van der Waals surface area (Å²) in [5.41, 5.74) is 0.664. The van der Waals surface area contributed by atoms with Crippen molar-refractivity contribution in [3.8, 4) is 0 Å². The highest BCUT2D eigenvalue weighted by Gasteiger charge is 2.45. The molecule has 1 N–H and O–H groups in total. The topological polar surface area (TPSA) is 57.6 Å². The van der Waals surface area contributed by atoms with Crippen LogP contribution in [0.15, 0.2) is 40.9 Å². The average molecular weight is 293 g/mol. The Bertz CT molecular complexity index is 642. The minimum atomic E-state index is -3.56. The standard InChI is InChI=1S/C15H19NO3S/c1-12-5-7-13(8-6-12)20(18,19)16-11-2-4-14(16)15(17)9-3-10-15/h4-8,17H,2-3,9-11H2,1H3. The molecule has 0 radical (unpaired) electrons. The maximum absolute atomic E-state index is 12.7. The zero-order chi connectivity index (χ0) is 14.4. The van der Waals surface area contributed by atoms with E-state index >= 15 is 0 Å². The third-order valence-electron chi connectivity index (χ3n) is 4.21. The second-order valence-electron chi connectivity index (χ2n) is 5.65. The Morgan fingerprint density at radius 3 is 2.40 bits per heavy atom. The number of rotatable bonds is 3. The van der Waals surface area contributed by atoms with Crippen LogP contribution in [0.2, 0.25) is 0 Å². The van der Waals surface area contributed by atoms with E-state index in [1.165, 1.54) is 4.31 Å². The van der Waals surface area contributed by atoms with E-state index in [1.807, 2.05) is 13.0 Å². The van der Waals surface area contributed by atoms with Gasteiger partial charge in [-0.15, -0.1) is 0 Å². The normalized spacial score (nSPS) is 21.5. The Hall–Kier alpha value is -1.33. The summed E-state index contributed by atoms with van der Waals surface area (Å²) in [6.45, 7) is 2.35. The van der Waals surface area contributed by atoms with Crippen molar-refractivity contribution in [1.29, 1.82) is 0 Å². The molecule has 20 heavy (non-hydrogen) atoms. The first-order valence-corrected chi connectivity index (χ1v) is 8.40. The maximum atomic E-state index is 12.7. The van der Waals surface area contributed by atoms with Gasteiger partial charge in [0, 0.05) is 6.54 Å². The summed E-state index contributed by atoms with van der Waals surface area (Å²) in [6, 6.07) is 6.85. The van der Waals surface area contributed by atoms with Gasteiger partial charge in [0.2, 0.25) is 0 Å². The van der Waals surface area contributed by atoms with Crippen LogP contribution in [-0.4, -0.2) is 30.0 Å². The third-order valence-corrected chi connectivity index (χ3v) is 6.03. The van der Waals surface area contributed by atoms with Crippen LogP contribution in [0, 0.1) is 6.92 Å². The Morgan fingerprint density at radius 2 is 1.85 bits per heavy atom. The highest BCUT2D eigenvalue weighted by molar-refractivity contribution is 7.89. The van der Waals surface area contributed by atoms with Crippen molar-refractivity contribution >= 4 is 10.0 Å². The van der Waals surface area contributed by atoms with Gasteiger partial charge in [-0.3, -0.25) is 4.31 Å². The first kappa shape index (κ1) is 13.6. The Labute approximate surface area is 119 Å². The van der Waals surface area contributed by atoms with Crippen LogP contribution in [0.3, 0.4) is 0 Å². The monoisotopic (exact) mass is 293 g/mol. The summed E-state index contributed by atoms with van der Waals surface area (Å²) >= 11 is 0. The lowest BCUT2D eigenvalue weighted by Crippen LogP contribution is -2.46. The van der Waals surface area contributed by atoms with Crippen LogP contribution in [0.5, 0.6) is 0 Å². The molecule has 1 aromatic carbocycles. The van der Waals surface area contributed by atoms with Crippen LogP contribution in [-0.2, 0) is 10.0 Å². The molecule has 1 aromatic rings. The highest BCUT2D eigenvalue weighted by atomic mass is 32.2. The van der Waals surface area contributed by atoms with Crippen molar-refractivity contribution < 1.29 is 13.5 Å². The molecule has 1 saturated carbocycles. The van der Waals surface area contributed by atoms with Crippen LogP contribution in [0.25, 0.3) is 0 Å². The van der Waals surface area contributed by atoms with Crippen molar-refractivity contribution in [3.05, 3.63) is 41.6 Å². The fourth-order valence-corrected chi connectivity index (χ4v) is 4.40. The molecule has 0 bridgehead atoms. The van der Waals surface area contributed by atoms with Gasteiger partial charge in [0.1, 0.15) is 5.60 Å². The zero-order valence-electron chi connectivity index (χ0n) is 11.5. The molecule has 0 saturated heterocycles. The Balaban J connectivity index is 1.95. The van der Waals surface area contributed by atoms with Gasteiger partial charge in [-0.25, -0.2) is 8.42 Å². The number of aliphatic hydroxyl groups is 1. The zero-order valence-corrected chi connectivity index (χ0v) is 12.4. The predicted molar refractivity (Wildman–Crippen MR) is 76.6 cm³/mol. The summed E-state index contributed by atoms with van der Waals surface area (Å²) in [4.78, 5) is 0.291. The number of sulfonamides is 1. The van der Waals surface area contributed by atoms with E-state index in [-0.39, 0.29) is 0 Å². The number of nitrogens with zero attached hydrogens (tertiary/aromatic N) is 1. The summed E-state index contributed by atoms with van der Waals surface area (Å²) in [6.07, 6.45) is 4.79. The second kappa shape index (κ2) is 4.60. The fourth-order valence-electron chi connectivity index (χ4n) is 2.82. The molecule has 2 aliphatic rings. The first-order chi connectivity index (χ1) is 9.43. The number of aryl methyl sites for hydroxylation is 1. The van der Waals surface area contributed by atoms with Gasteiger partial charge in [0.25, 0.3) is 10.0 Å². The largest absolute Gasteiger partial charge is 0.384 e. The number of hydrogen-bond acceptors (Lipinski definition) is 3. The van der Waals surface area contributed by atoms with Crippen LogP contribution >= 0.6 is 0 Å². The lowest BCUT2D eigenvalue weighted by Gasteiger charge is -2.41. The van der Waals surface area contributed by atoms with Gasteiger partial charge in [-0.05, 0) is 44.7 Å². The van der Waals surface area contributed by atoms with Gasteiger partial charge >= 0.3 is 0 Å². The van der Waals surface area contributed by atoms with Crippen molar-refractivity contribution in [2.45, 2.75) is 43.1 Å². The van der Waals surface area contributed by atoms with Gasteiger partial charge in [0.15, 0.2) is 0 Å². The molecule has 1 aliphatic carbocycles. The van der Waals surface area contributed by atoms with Gasteiger partial charge < -0.3 is 5.11 Å². The molecule has 3 rings (SSSR count). The summed E-state index contributed by atoms with van der Waals surface area (Å²) in [5, 5.41) is 10.5. The number of benzene rings is 1. The molecule has 1 aliphatic heterocycles. The fraction of sp³-hybridized carbons (Fsp3) is 0.467. The van der Waals surface area contributed by atoms with E-state index in [2.05, 4.69) is 0 Å². The molecule has 1 heterocycles. The summed E-state index contributed by atoms with van der Waals surface area (Å²) < 4.78 is 26.8. The minimum Gasteiger partial charge on any atom is -0.384 e. The molecule has 0 amide bonds. The summed E-state index contributed by atoms with van der Waals surface area (Å²) in [5.74, 6) is 0. The predicted octanol–water partition coefficient (Wildman–Crippen LogP) is 2.19. The molecule has 108 valence electrons. The van der Waals surface area contributed by atoms with Gasteiger partial charge in [0.05, 0.1) is 10.6 Å². The van der Waals surface area contributed by atoms with E-state index < -0.39 is 15.6 Å². The van der Waals surface area contributed by atoms with Crippen molar-refractivity contribution in [2.24, 2.45) is 0 Å². The average Bonchev–Trinajstić information content (AvgIpc) is 2.86. The first-order valence-electron chi connectivity index (χ1n) is 6.96.